The number of halogens is 3. The van der Waals surface area contributed by atoms with Crippen LogP contribution < -0.4 is 5.32 Å². The molecule has 4 nitrogen and oxygen atoms in total. The van der Waals surface area contributed by atoms with Crippen molar-refractivity contribution in [1.29, 1.82) is 0 Å². The van der Waals surface area contributed by atoms with Crippen LogP contribution >= 0.6 is 31.9 Å². The SMILES string of the molecule is O=[N+]([O-])c1ccc(NCc2ccc(Br)c(Br)c2)c(F)c1. The van der Waals surface area contributed by atoms with Gasteiger partial charge in [0.1, 0.15) is 0 Å². The Morgan fingerprint density at radius 3 is 2.50 bits per heavy atom. The second-order valence-corrected chi connectivity index (χ2v) is 5.73. The lowest BCUT2D eigenvalue weighted by Crippen LogP contribution is -2.02. The number of rotatable bonds is 4. The molecule has 7 heteroatoms. The molecule has 0 aliphatic carbocycles. The molecule has 0 unspecified atom stereocenters. The van der Waals surface area contributed by atoms with E-state index in [0.29, 0.717) is 6.54 Å². The van der Waals surface area contributed by atoms with Crippen LogP contribution in [0, 0.1) is 15.9 Å². The van der Waals surface area contributed by atoms with Gasteiger partial charge in [0.15, 0.2) is 5.82 Å². The van der Waals surface area contributed by atoms with Gasteiger partial charge >= 0.3 is 0 Å². The van der Waals surface area contributed by atoms with Crippen LogP contribution in [0.3, 0.4) is 0 Å². The van der Waals surface area contributed by atoms with Crippen molar-refractivity contribution in [3.8, 4) is 0 Å². The number of hydrogen-bond donors (Lipinski definition) is 1. The summed E-state index contributed by atoms with van der Waals surface area (Å²) in [6.07, 6.45) is 0. The maximum absolute atomic E-state index is 13.7. The zero-order valence-corrected chi connectivity index (χ0v) is 13.2. The summed E-state index contributed by atoms with van der Waals surface area (Å²) in [5, 5.41) is 13.4. The first kappa shape index (κ1) is 14.9. The van der Waals surface area contributed by atoms with Gasteiger partial charge in [-0.15, -0.1) is 0 Å². The Morgan fingerprint density at radius 1 is 1.15 bits per heavy atom. The second-order valence-electron chi connectivity index (χ2n) is 4.02. The Labute approximate surface area is 131 Å². The van der Waals surface area contributed by atoms with E-state index >= 15 is 0 Å². The first-order chi connectivity index (χ1) is 9.47. The van der Waals surface area contributed by atoms with Crippen molar-refractivity contribution in [2.45, 2.75) is 6.54 Å². The molecule has 0 heterocycles. The van der Waals surface area contributed by atoms with Crippen molar-refractivity contribution in [1.82, 2.24) is 0 Å². The van der Waals surface area contributed by atoms with Crippen LogP contribution in [0.1, 0.15) is 5.56 Å². The summed E-state index contributed by atoms with van der Waals surface area (Å²) < 4.78 is 15.5. The lowest BCUT2D eigenvalue weighted by Gasteiger charge is -2.08. The number of nitrogens with zero attached hydrogens (tertiary/aromatic N) is 1. The van der Waals surface area contributed by atoms with Crippen molar-refractivity contribution in [3.05, 3.63) is 66.8 Å². The smallest absolute Gasteiger partial charge is 0.272 e. The fourth-order valence-corrected chi connectivity index (χ4v) is 2.28. The molecule has 104 valence electrons. The molecule has 0 saturated heterocycles. The zero-order valence-electron chi connectivity index (χ0n) is 10.1. The maximum atomic E-state index is 13.7. The molecular weight excluding hydrogens is 395 g/mol. The highest BCUT2D eigenvalue weighted by molar-refractivity contribution is 9.13. The maximum Gasteiger partial charge on any atom is 0.272 e. The summed E-state index contributed by atoms with van der Waals surface area (Å²) in [4.78, 5) is 9.90. The largest absolute Gasteiger partial charge is 0.379 e. The average Bonchev–Trinajstić information content (AvgIpc) is 2.41. The van der Waals surface area contributed by atoms with Crippen molar-refractivity contribution >= 4 is 43.2 Å². The molecule has 0 atom stereocenters. The van der Waals surface area contributed by atoms with Crippen molar-refractivity contribution in [2.24, 2.45) is 0 Å². The average molecular weight is 404 g/mol. The molecule has 0 fully saturated rings. The molecule has 0 amide bonds. The van der Waals surface area contributed by atoms with Gasteiger partial charge < -0.3 is 5.32 Å². The minimum atomic E-state index is -0.643. The van der Waals surface area contributed by atoms with E-state index in [4.69, 9.17) is 0 Å². The van der Waals surface area contributed by atoms with Crippen LogP contribution in [0.5, 0.6) is 0 Å². The molecule has 0 bridgehead atoms. The molecule has 0 aliphatic rings. The van der Waals surface area contributed by atoms with E-state index in [1.165, 1.54) is 12.1 Å². The minimum absolute atomic E-state index is 0.231. The van der Waals surface area contributed by atoms with Crippen LogP contribution in [-0.2, 0) is 6.54 Å². The highest BCUT2D eigenvalue weighted by atomic mass is 79.9. The molecule has 2 rings (SSSR count). The lowest BCUT2D eigenvalue weighted by molar-refractivity contribution is -0.385. The van der Waals surface area contributed by atoms with Crippen molar-refractivity contribution in [2.75, 3.05) is 5.32 Å². The van der Waals surface area contributed by atoms with Crippen LogP contribution in [0.15, 0.2) is 45.3 Å². The molecule has 0 aliphatic heterocycles. The Bertz CT molecular complexity index is 665. The van der Waals surface area contributed by atoms with Gasteiger partial charge in [-0.1, -0.05) is 6.07 Å². The third-order valence-electron chi connectivity index (χ3n) is 2.63. The second kappa shape index (κ2) is 6.32. The molecular formula is C13H9Br2FN2O2. The predicted molar refractivity (Wildman–Crippen MR) is 82.2 cm³/mol. The highest BCUT2D eigenvalue weighted by Crippen LogP contribution is 2.25. The number of benzene rings is 2. The van der Waals surface area contributed by atoms with Crippen LogP contribution in [0.2, 0.25) is 0 Å². The molecule has 20 heavy (non-hydrogen) atoms. The molecule has 2 aromatic carbocycles. The van der Waals surface area contributed by atoms with Gasteiger partial charge in [0, 0.05) is 21.6 Å². The third kappa shape index (κ3) is 3.55. The fraction of sp³-hybridized carbons (Fsp3) is 0.0769. The molecule has 1 N–H and O–H groups in total. The van der Waals surface area contributed by atoms with Gasteiger partial charge in [0.25, 0.3) is 5.69 Å². The first-order valence-corrected chi connectivity index (χ1v) is 7.17. The number of nitro groups is 1. The Kier molecular flexibility index (Phi) is 4.72. The van der Waals surface area contributed by atoms with E-state index in [1.54, 1.807) is 0 Å². The number of nitrogens with one attached hydrogen (secondary N) is 1. The van der Waals surface area contributed by atoms with E-state index in [0.717, 1.165) is 20.6 Å². The van der Waals surface area contributed by atoms with E-state index in [9.17, 15) is 14.5 Å². The van der Waals surface area contributed by atoms with Crippen LogP contribution in [-0.4, -0.2) is 4.92 Å². The summed E-state index contributed by atoms with van der Waals surface area (Å²) in [5.74, 6) is -0.643. The normalized spacial score (nSPS) is 10.3. The van der Waals surface area contributed by atoms with Gasteiger partial charge in [-0.05, 0) is 55.6 Å². The summed E-state index contributed by atoms with van der Waals surface area (Å²) in [6, 6.07) is 9.21. The monoisotopic (exact) mass is 402 g/mol. The Morgan fingerprint density at radius 2 is 1.90 bits per heavy atom. The van der Waals surface area contributed by atoms with Crippen LogP contribution in [0.4, 0.5) is 15.8 Å². The molecule has 0 aromatic heterocycles. The Hall–Kier alpha value is -1.47. The summed E-state index contributed by atoms with van der Waals surface area (Å²) in [7, 11) is 0. The number of non-ortho nitro benzene ring substituents is 1. The van der Waals surface area contributed by atoms with Gasteiger partial charge in [-0.25, -0.2) is 4.39 Å². The summed E-state index contributed by atoms with van der Waals surface area (Å²) in [6.45, 7) is 0.417. The third-order valence-corrected chi connectivity index (χ3v) is 4.51. The van der Waals surface area contributed by atoms with Gasteiger partial charge in [0.2, 0.25) is 0 Å². The van der Waals surface area contributed by atoms with Crippen molar-refractivity contribution in [3.63, 3.8) is 0 Å². The predicted octanol–water partition coefficient (Wildman–Crippen LogP) is 4.87. The number of anilines is 1. The first-order valence-electron chi connectivity index (χ1n) is 5.59. The number of hydrogen-bond acceptors (Lipinski definition) is 3. The molecule has 2 aromatic rings. The highest BCUT2D eigenvalue weighted by Gasteiger charge is 2.10. The lowest BCUT2D eigenvalue weighted by atomic mass is 10.2. The van der Waals surface area contributed by atoms with Crippen molar-refractivity contribution < 1.29 is 9.31 Å². The standard InChI is InChI=1S/C13H9Br2FN2O2/c14-10-3-1-8(5-11(10)15)7-17-13-4-2-9(18(19)20)6-12(13)16/h1-6,17H,7H2. The van der Waals surface area contributed by atoms with E-state index < -0.39 is 10.7 Å². The van der Waals surface area contributed by atoms with E-state index in [1.807, 2.05) is 18.2 Å². The summed E-state index contributed by atoms with van der Waals surface area (Å²) >= 11 is 6.76. The quantitative estimate of drug-likeness (QED) is 0.585. The van der Waals surface area contributed by atoms with Gasteiger partial charge in [0.05, 0.1) is 16.7 Å². The fourth-order valence-electron chi connectivity index (χ4n) is 1.61. The minimum Gasteiger partial charge on any atom is -0.379 e. The van der Waals surface area contributed by atoms with Gasteiger partial charge in [-0.2, -0.15) is 0 Å². The molecule has 0 saturated carbocycles. The topological polar surface area (TPSA) is 55.2 Å². The van der Waals surface area contributed by atoms with Crippen LogP contribution in [0.25, 0.3) is 0 Å². The summed E-state index contributed by atoms with van der Waals surface area (Å²) in [5.41, 5.74) is 0.923. The zero-order chi connectivity index (χ0) is 14.7. The Balaban J connectivity index is 2.10. The number of nitro benzene ring substituents is 1. The van der Waals surface area contributed by atoms with E-state index in [-0.39, 0.29) is 11.4 Å². The van der Waals surface area contributed by atoms with Gasteiger partial charge in [-0.3, -0.25) is 10.1 Å². The molecule has 0 radical (unpaired) electrons. The van der Waals surface area contributed by atoms with E-state index in [2.05, 4.69) is 37.2 Å². The molecule has 0 spiro atoms.